The summed E-state index contributed by atoms with van der Waals surface area (Å²) < 4.78 is 0. The second kappa shape index (κ2) is 39.0. The Bertz CT molecular complexity index is 361. The van der Waals surface area contributed by atoms with E-state index >= 15 is 0 Å². The van der Waals surface area contributed by atoms with Crippen LogP contribution in [0.1, 0.15) is 251 Å². The van der Waals surface area contributed by atoms with Gasteiger partial charge in [-0.3, -0.25) is 0 Å². The molecule has 0 bridgehead atoms. The Balaban J connectivity index is 3.01. The van der Waals surface area contributed by atoms with Crippen LogP contribution in [-0.4, -0.2) is 0 Å². The maximum absolute atomic E-state index is 2.59. The fraction of sp³-hybridized carbons (Fsp3) is 0.975. The van der Waals surface area contributed by atoms with Crippen LogP contribution in [0.15, 0.2) is 0 Å². The van der Waals surface area contributed by atoms with Gasteiger partial charge in [-0.25, -0.2) is 0 Å². The summed E-state index contributed by atoms with van der Waals surface area (Å²) in [4.78, 5) is 0. The standard InChI is InChI=1S/C40H81/c1-3-5-7-9-11-13-15-17-19-21-23-25-27-29-31-33-35-37-39-40-38-36-34-32-30-28-26-24-22-20-18-16-14-12-10-8-6-4-2/h25H,3-24,26-40H2,1-2H3. The van der Waals surface area contributed by atoms with Gasteiger partial charge in [0.2, 0.25) is 0 Å². The summed E-state index contributed by atoms with van der Waals surface area (Å²) in [6, 6.07) is 0. The number of hydrogen-bond acceptors (Lipinski definition) is 0. The molecule has 0 heteroatoms. The SMILES string of the molecule is CCCCCCCCCCCC[CH]CCCCCCCCCCCCCCCCCCCCCCCCCCC. The molecule has 0 saturated heterocycles. The molecule has 0 saturated carbocycles. The average molecular weight is 562 g/mol. The molecular formula is C40H81. The third kappa shape index (κ3) is 38.0. The molecule has 0 amide bonds. The first-order chi connectivity index (χ1) is 19.9. The van der Waals surface area contributed by atoms with Crippen molar-refractivity contribution in [2.75, 3.05) is 0 Å². The fourth-order valence-electron chi connectivity index (χ4n) is 6.35. The monoisotopic (exact) mass is 562 g/mol. The maximum atomic E-state index is 2.59. The first kappa shape index (κ1) is 40.0. The third-order valence-electron chi connectivity index (χ3n) is 9.27. The van der Waals surface area contributed by atoms with E-state index in [1.165, 1.54) is 238 Å². The summed E-state index contributed by atoms with van der Waals surface area (Å²) in [5.74, 6) is 0. The molecule has 0 heterocycles. The molecule has 1 radical (unpaired) electrons. The second-order valence-corrected chi connectivity index (χ2v) is 13.5. The molecule has 0 aromatic heterocycles. The maximum Gasteiger partial charge on any atom is -0.0386 e. The van der Waals surface area contributed by atoms with Gasteiger partial charge in [0.1, 0.15) is 0 Å². The third-order valence-corrected chi connectivity index (χ3v) is 9.27. The summed E-state index contributed by atoms with van der Waals surface area (Å²) >= 11 is 0. The highest BCUT2D eigenvalue weighted by Crippen LogP contribution is 2.17. The highest BCUT2D eigenvalue weighted by molar-refractivity contribution is 4.65. The molecule has 0 aliphatic rings. The lowest BCUT2D eigenvalue weighted by Gasteiger charge is -2.05. The molecule has 0 aliphatic carbocycles. The number of unbranched alkanes of at least 4 members (excludes halogenated alkanes) is 37. The van der Waals surface area contributed by atoms with Crippen molar-refractivity contribution in [3.8, 4) is 0 Å². The molecule has 40 heavy (non-hydrogen) atoms. The minimum Gasteiger partial charge on any atom is -0.0654 e. The van der Waals surface area contributed by atoms with Gasteiger partial charge in [-0.05, 0) is 6.42 Å². The summed E-state index contributed by atoms with van der Waals surface area (Å²) in [6.07, 6.45) is 56.9. The van der Waals surface area contributed by atoms with Crippen LogP contribution in [0.3, 0.4) is 0 Å². The van der Waals surface area contributed by atoms with Crippen molar-refractivity contribution >= 4 is 0 Å². The van der Waals surface area contributed by atoms with Crippen molar-refractivity contribution in [3.63, 3.8) is 0 Å². The number of hydrogen-bond donors (Lipinski definition) is 0. The summed E-state index contributed by atoms with van der Waals surface area (Å²) in [7, 11) is 0. The predicted molar refractivity (Wildman–Crippen MR) is 186 cm³/mol. The largest absolute Gasteiger partial charge is 0.0654 e. The van der Waals surface area contributed by atoms with Crippen molar-refractivity contribution in [2.24, 2.45) is 0 Å². The van der Waals surface area contributed by atoms with Crippen LogP contribution >= 0.6 is 0 Å². The molecule has 0 nitrogen and oxygen atoms in total. The molecule has 241 valence electrons. The van der Waals surface area contributed by atoms with E-state index < -0.39 is 0 Å². The first-order valence-electron chi connectivity index (χ1n) is 19.7. The van der Waals surface area contributed by atoms with E-state index in [0.29, 0.717) is 0 Å². The van der Waals surface area contributed by atoms with Crippen LogP contribution in [0.5, 0.6) is 0 Å². The van der Waals surface area contributed by atoms with Crippen molar-refractivity contribution < 1.29 is 0 Å². The Labute approximate surface area is 257 Å². The van der Waals surface area contributed by atoms with Gasteiger partial charge in [0.05, 0.1) is 0 Å². The Morgan fingerprint density at radius 2 is 0.350 bits per heavy atom. The minimum atomic E-state index is 1.37. The van der Waals surface area contributed by atoms with Crippen LogP contribution in [-0.2, 0) is 0 Å². The van der Waals surface area contributed by atoms with Crippen LogP contribution in [0.4, 0.5) is 0 Å². The topological polar surface area (TPSA) is 0 Å². The molecule has 0 spiro atoms. The molecule has 0 rings (SSSR count). The lowest BCUT2D eigenvalue weighted by Crippen LogP contribution is -1.85. The molecule has 0 unspecified atom stereocenters. The van der Waals surface area contributed by atoms with Crippen molar-refractivity contribution in [2.45, 2.75) is 251 Å². The van der Waals surface area contributed by atoms with Gasteiger partial charge < -0.3 is 0 Å². The van der Waals surface area contributed by atoms with Gasteiger partial charge >= 0.3 is 0 Å². The predicted octanol–water partition coefficient (Wildman–Crippen LogP) is 15.7. The molecule has 0 atom stereocenters. The lowest BCUT2D eigenvalue weighted by molar-refractivity contribution is 0.515. The molecule has 0 aliphatic heterocycles. The lowest BCUT2D eigenvalue weighted by atomic mass is 10.0. The van der Waals surface area contributed by atoms with Crippen LogP contribution < -0.4 is 0 Å². The molecular weight excluding hydrogens is 480 g/mol. The average Bonchev–Trinajstić information content (AvgIpc) is 2.97. The Morgan fingerprint density at radius 1 is 0.200 bits per heavy atom. The molecule has 0 fully saturated rings. The van der Waals surface area contributed by atoms with E-state index in [0.717, 1.165) is 0 Å². The first-order valence-corrected chi connectivity index (χ1v) is 19.7. The second-order valence-electron chi connectivity index (χ2n) is 13.5. The zero-order valence-corrected chi connectivity index (χ0v) is 28.7. The fourth-order valence-corrected chi connectivity index (χ4v) is 6.35. The Kier molecular flexibility index (Phi) is 39.0. The summed E-state index contributed by atoms with van der Waals surface area (Å²) in [6.45, 7) is 4.62. The van der Waals surface area contributed by atoms with Crippen LogP contribution in [0.25, 0.3) is 0 Å². The van der Waals surface area contributed by atoms with E-state index in [-0.39, 0.29) is 0 Å². The quantitative estimate of drug-likeness (QED) is 0.0661. The number of rotatable bonds is 37. The van der Waals surface area contributed by atoms with E-state index in [4.69, 9.17) is 0 Å². The van der Waals surface area contributed by atoms with E-state index in [9.17, 15) is 0 Å². The van der Waals surface area contributed by atoms with Crippen molar-refractivity contribution in [1.29, 1.82) is 0 Å². The minimum absolute atomic E-state index is 1.37. The van der Waals surface area contributed by atoms with E-state index in [1.807, 2.05) is 0 Å². The van der Waals surface area contributed by atoms with Gasteiger partial charge in [0, 0.05) is 0 Å². The van der Waals surface area contributed by atoms with Gasteiger partial charge in [0.15, 0.2) is 0 Å². The van der Waals surface area contributed by atoms with E-state index in [1.54, 1.807) is 0 Å². The zero-order chi connectivity index (χ0) is 28.9. The smallest absolute Gasteiger partial charge is 0.0386 e. The van der Waals surface area contributed by atoms with Crippen LogP contribution in [0, 0.1) is 6.42 Å². The molecule has 0 aromatic rings. The highest BCUT2D eigenvalue weighted by Gasteiger charge is 1.97. The van der Waals surface area contributed by atoms with Crippen LogP contribution in [0.2, 0.25) is 0 Å². The summed E-state index contributed by atoms with van der Waals surface area (Å²) in [5, 5.41) is 0. The Hall–Kier alpha value is 0. The van der Waals surface area contributed by atoms with Gasteiger partial charge in [-0.15, -0.1) is 0 Å². The highest BCUT2D eigenvalue weighted by atomic mass is 14.0. The summed E-state index contributed by atoms with van der Waals surface area (Å²) in [5.41, 5.74) is 0. The van der Waals surface area contributed by atoms with Gasteiger partial charge in [0.25, 0.3) is 0 Å². The normalized spacial score (nSPS) is 11.6. The molecule has 0 N–H and O–H groups in total. The zero-order valence-electron chi connectivity index (χ0n) is 28.7. The van der Waals surface area contributed by atoms with Crippen molar-refractivity contribution in [3.05, 3.63) is 6.42 Å². The van der Waals surface area contributed by atoms with Gasteiger partial charge in [-0.1, -0.05) is 251 Å². The molecule has 0 aromatic carbocycles. The Morgan fingerprint density at radius 3 is 0.525 bits per heavy atom. The van der Waals surface area contributed by atoms with Crippen molar-refractivity contribution in [1.82, 2.24) is 0 Å². The van der Waals surface area contributed by atoms with Gasteiger partial charge in [-0.2, -0.15) is 0 Å². The van der Waals surface area contributed by atoms with E-state index in [2.05, 4.69) is 20.3 Å².